The van der Waals surface area contributed by atoms with Crippen LogP contribution in [0, 0.1) is 0 Å². The van der Waals surface area contributed by atoms with Crippen LogP contribution >= 0.6 is 0 Å². The van der Waals surface area contributed by atoms with Crippen molar-refractivity contribution >= 4 is 33.6 Å². The Hall–Kier alpha value is -3.62. The smallest absolute Gasteiger partial charge is 0.237 e. The summed E-state index contributed by atoms with van der Waals surface area (Å²) in [4.78, 5) is 31.1. The second kappa shape index (κ2) is 11.0. The van der Waals surface area contributed by atoms with Gasteiger partial charge in [0.1, 0.15) is 0 Å². The van der Waals surface area contributed by atoms with Crippen LogP contribution in [0.2, 0.25) is 0 Å². The monoisotopic (exact) mass is 460 g/mol. The lowest BCUT2D eigenvalue weighted by molar-refractivity contribution is -0.123. The summed E-state index contributed by atoms with van der Waals surface area (Å²) in [5.74, 6) is -0.342. The van der Waals surface area contributed by atoms with E-state index in [0.29, 0.717) is 25.9 Å². The van der Waals surface area contributed by atoms with Crippen molar-refractivity contribution in [3.63, 3.8) is 0 Å². The molecule has 8 heteroatoms. The summed E-state index contributed by atoms with van der Waals surface area (Å²) in [5, 5.41) is 7.95. The van der Waals surface area contributed by atoms with Gasteiger partial charge in [-0.1, -0.05) is 36.4 Å². The van der Waals surface area contributed by atoms with E-state index in [4.69, 9.17) is 11.5 Å². The normalized spacial score (nSPS) is 13.1. The molecule has 0 saturated carbocycles. The second-order valence-electron chi connectivity index (χ2n) is 8.63. The highest BCUT2D eigenvalue weighted by atomic mass is 16.2. The number of hydrogen-bond acceptors (Lipinski definition) is 4. The minimum atomic E-state index is -0.610. The maximum Gasteiger partial charge on any atom is 0.237 e. The Morgan fingerprint density at radius 1 is 0.706 bits per heavy atom. The van der Waals surface area contributed by atoms with Crippen LogP contribution in [-0.4, -0.2) is 47.0 Å². The lowest BCUT2D eigenvalue weighted by Gasteiger charge is -2.13. The van der Waals surface area contributed by atoms with Gasteiger partial charge in [-0.15, -0.1) is 0 Å². The molecule has 2 heterocycles. The minimum absolute atomic E-state index is 0.171. The first kappa shape index (κ1) is 23.5. The van der Waals surface area contributed by atoms with Gasteiger partial charge in [0.25, 0.3) is 0 Å². The fourth-order valence-electron chi connectivity index (χ4n) is 4.20. The molecule has 2 unspecified atom stereocenters. The first-order chi connectivity index (χ1) is 16.5. The zero-order valence-electron chi connectivity index (χ0n) is 19.1. The molecule has 0 fully saturated rings. The molecule has 0 saturated heterocycles. The number of aromatic amines is 2. The zero-order chi connectivity index (χ0) is 23.9. The van der Waals surface area contributed by atoms with Gasteiger partial charge in [0.05, 0.1) is 12.1 Å². The largest absolute Gasteiger partial charge is 0.361 e. The van der Waals surface area contributed by atoms with Crippen molar-refractivity contribution in [3.05, 3.63) is 72.1 Å². The van der Waals surface area contributed by atoms with E-state index in [9.17, 15) is 9.59 Å². The van der Waals surface area contributed by atoms with Crippen LogP contribution in [0.5, 0.6) is 0 Å². The highest BCUT2D eigenvalue weighted by Crippen LogP contribution is 2.19. The molecule has 0 aliphatic rings. The van der Waals surface area contributed by atoms with Crippen LogP contribution in [-0.2, 0) is 22.4 Å². The summed E-state index contributed by atoms with van der Waals surface area (Å²) in [7, 11) is 0. The average Bonchev–Trinajstić information content (AvgIpc) is 3.45. The number of unbranched alkanes of at least 4 members (excludes halogenated alkanes) is 1. The van der Waals surface area contributed by atoms with Gasteiger partial charge in [-0.2, -0.15) is 0 Å². The number of nitrogens with one attached hydrogen (secondary N) is 4. The van der Waals surface area contributed by atoms with Crippen molar-refractivity contribution in [2.75, 3.05) is 13.1 Å². The Bertz CT molecular complexity index is 1160. The number of aromatic nitrogens is 2. The zero-order valence-corrected chi connectivity index (χ0v) is 19.1. The lowest BCUT2D eigenvalue weighted by atomic mass is 10.0. The van der Waals surface area contributed by atoms with Crippen LogP contribution in [0.15, 0.2) is 60.9 Å². The molecule has 0 bridgehead atoms. The number of hydrogen-bond donors (Lipinski definition) is 6. The third-order valence-electron chi connectivity index (χ3n) is 6.11. The lowest BCUT2D eigenvalue weighted by Crippen LogP contribution is -2.43. The molecule has 2 atom stereocenters. The van der Waals surface area contributed by atoms with Gasteiger partial charge in [0, 0.05) is 47.3 Å². The molecule has 0 spiro atoms. The van der Waals surface area contributed by atoms with Gasteiger partial charge in [0.2, 0.25) is 11.8 Å². The van der Waals surface area contributed by atoms with E-state index in [1.807, 2.05) is 60.9 Å². The molecule has 0 radical (unpaired) electrons. The number of fused-ring (bicyclic) bond motifs is 2. The predicted octanol–water partition coefficient (Wildman–Crippen LogP) is 2.10. The molecular formula is C26H32N6O2. The van der Waals surface area contributed by atoms with Crippen molar-refractivity contribution in [2.45, 2.75) is 37.8 Å². The van der Waals surface area contributed by atoms with Crippen LogP contribution < -0.4 is 22.1 Å². The van der Waals surface area contributed by atoms with Gasteiger partial charge < -0.3 is 32.1 Å². The summed E-state index contributed by atoms with van der Waals surface area (Å²) in [6.07, 6.45) is 6.24. The number of para-hydroxylation sites is 2. The second-order valence-corrected chi connectivity index (χ2v) is 8.63. The molecule has 0 aliphatic heterocycles. The Balaban J connectivity index is 1.12. The molecule has 2 amide bonds. The van der Waals surface area contributed by atoms with Crippen molar-refractivity contribution in [1.29, 1.82) is 0 Å². The maximum absolute atomic E-state index is 12.3. The van der Waals surface area contributed by atoms with Crippen molar-refractivity contribution in [3.8, 4) is 0 Å². The van der Waals surface area contributed by atoms with Gasteiger partial charge in [-0.25, -0.2) is 0 Å². The van der Waals surface area contributed by atoms with Crippen molar-refractivity contribution in [2.24, 2.45) is 11.5 Å². The van der Waals surface area contributed by atoms with Gasteiger partial charge in [-0.05, 0) is 48.9 Å². The molecule has 8 N–H and O–H groups in total. The van der Waals surface area contributed by atoms with E-state index in [0.717, 1.165) is 45.8 Å². The highest BCUT2D eigenvalue weighted by Gasteiger charge is 2.17. The van der Waals surface area contributed by atoms with Gasteiger partial charge in [-0.3, -0.25) is 9.59 Å². The standard InChI is InChI=1S/C26H32N6O2/c27-21(13-17-15-31-23-9-3-1-7-19(17)23)25(33)29-11-5-6-12-30-26(34)22(28)14-18-16-32-24-10-4-2-8-20(18)24/h1-4,7-10,15-16,21-22,31-32H,5-6,11-14,27-28H2,(H,29,33)(H,30,34). The van der Waals surface area contributed by atoms with E-state index in [-0.39, 0.29) is 11.8 Å². The molecule has 2 aromatic carbocycles. The number of carbonyl (C=O) groups is 2. The Kier molecular flexibility index (Phi) is 7.61. The fourth-order valence-corrected chi connectivity index (χ4v) is 4.20. The summed E-state index contributed by atoms with van der Waals surface area (Å²) in [5.41, 5.74) is 16.3. The molecule has 4 rings (SSSR count). The van der Waals surface area contributed by atoms with E-state index in [1.54, 1.807) is 0 Å². The molecule has 178 valence electrons. The van der Waals surface area contributed by atoms with Crippen LogP contribution in [0.3, 0.4) is 0 Å². The Labute approximate surface area is 198 Å². The number of rotatable bonds is 11. The molecule has 4 aromatic rings. The molecule has 34 heavy (non-hydrogen) atoms. The van der Waals surface area contributed by atoms with E-state index < -0.39 is 12.1 Å². The summed E-state index contributed by atoms with van der Waals surface area (Å²) < 4.78 is 0. The number of carbonyl (C=O) groups excluding carboxylic acids is 2. The van der Waals surface area contributed by atoms with Gasteiger partial charge >= 0.3 is 0 Å². The maximum atomic E-state index is 12.3. The van der Waals surface area contributed by atoms with Crippen LogP contribution in [0.25, 0.3) is 21.8 Å². The molecule has 8 nitrogen and oxygen atoms in total. The highest BCUT2D eigenvalue weighted by molar-refractivity contribution is 5.87. The van der Waals surface area contributed by atoms with E-state index in [1.165, 1.54) is 0 Å². The van der Waals surface area contributed by atoms with E-state index >= 15 is 0 Å². The number of benzene rings is 2. The summed E-state index contributed by atoms with van der Waals surface area (Å²) in [6, 6.07) is 14.7. The Morgan fingerprint density at radius 2 is 1.12 bits per heavy atom. The quantitative estimate of drug-likeness (QED) is 0.191. The predicted molar refractivity (Wildman–Crippen MR) is 135 cm³/mol. The van der Waals surface area contributed by atoms with E-state index in [2.05, 4.69) is 20.6 Å². The topological polar surface area (TPSA) is 142 Å². The minimum Gasteiger partial charge on any atom is -0.361 e. The fraction of sp³-hybridized carbons (Fsp3) is 0.308. The van der Waals surface area contributed by atoms with Crippen LogP contribution in [0.4, 0.5) is 0 Å². The Morgan fingerprint density at radius 3 is 1.56 bits per heavy atom. The number of H-pyrrole nitrogens is 2. The van der Waals surface area contributed by atoms with Crippen molar-refractivity contribution in [1.82, 2.24) is 20.6 Å². The number of amides is 2. The van der Waals surface area contributed by atoms with Gasteiger partial charge in [0.15, 0.2) is 0 Å². The molecule has 0 aliphatic carbocycles. The third-order valence-corrected chi connectivity index (χ3v) is 6.11. The average molecular weight is 461 g/mol. The SMILES string of the molecule is NC(Cc1c[nH]c2ccccc12)C(=O)NCCCCNC(=O)C(N)Cc1c[nH]c2ccccc12. The summed E-state index contributed by atoms with van der Waals surface area (Å²) in [6.45, 7) is 1.02. The van der Waals surface area contributed by atoms with Crippen molar-refractivity contribution < 1.29 is 9.59 Å². The molecular weight excluding hydrogens is 428 g/mol. The molecule has 2 aromatic heterocycles. The first-order valence-electron chi connectivity index (χ1n) is 11.7. The first-order valence-corrected chi connectivity index (χ1v) is 11.7. The van der Waals surface area contributed by atoms with Crippen LogP contribution in [0.1, 0.15) is 24.0 Å². The summed E-state index contributed by atoms with van der Waals surface area (Å²) >= 11 is 0. The number of nitrogens with two attached hydrogens (primary N) is 2. The third kappa shape index (κ3) is 5.65.